The Labute approximate surface area is 208 Å². The Morgan fingerprint density at radius 3 is 1.74 bits per heavy atom. The lowest BCUT2D eigenvalue weighted by Gasteiger charge is -2.40. The van der Waals surface area contributed by atoms with Gasteiger partial charge in [0.1, 0.15) is 11.3 Å². The molecule has 0 radical (unpaired) electrons. The van der Waals surface area contributed by atoms with Crippen molar-refractivity contribution >= 4 is 16.3 Å². The second-order valence-corrected chi connectivity index (χ2v) is 11.7. The lowest BCUT2D eigenvalue weighted by atomic mass is 9.84. The van der Waals surface area contributed by atoms with Crippen molar-refractivity contribution in [1.29, 1.82) is 0 Å². The van der Waals surface area contributed by atoms with E-state index in [0.29, 0.717) is 5.92 Å². The predicted molar refractivity (Wildman–Crippen MR) is 141 cm³/mol. The third-order valence-corrected chi connectivity index (χ3v) is 9.97. The van der Waals surface area contributed by atoms with E-state index in [1.165, 1.54) is 43.7 Å². The molecule has 4 aromatic carbocycles. The van der Waals surface area contributed by atoms with E-state index >= 15 is 0 Å². The lowest BCUT2D eigenvalue weighted by molar-refractivity contribution is 0.0754. The van der Waals surface area contributed by atoms with Crippen molar-refractivity contribution < 1.29 is 14.1 Å². The number of carbonyl (C=O) groups is 1. The number of para-hydroxylation sites is 1. The second kappa shape index (κ2) is 10.4. The van der Waals surface area contributed by atoms with Crippen LogP contribution in [0.15, 0.2) is 124 Å². The highest BCUT2D eigenvalue weighted by Gasteiger charge is 2.36. The van der Waals surface area contributed by atoms with Crippen LogP contribution >= 0.6 is 10.3 Å². The van der Waals surface area contributed by atoms with Gasteiger partial charge in [-0.15, -0.1) is 0 Å². The Morgan fingerprint density at radius 1 is 0.657 bits per heavy atom. The van der Waals surface area contributed by atoms with Crippen LogP contribution in [-0.2, 0) is 4.18 Å². The van der Waals surface area contributed by atoms with Crippen molar-refractivity contribution in [3.8, 4) is 5.75 Å². The van der Waals surface area contributed by atoms with E-state index < -0.39 is 16.3 Å². The minimum Gasteiger partial charge on any atom is -0.507 e. The molecule has 1 saturated carbocycles. The molecule has 3 nitrogen and oxygen atoms in total. The average Bonchev–Trinajstić information content (AvgIpc) is 2.93. The molecule has 1 N–H and O–H groups in total. The van der Waals surface area contributed by atoms with E-state index in [4.69, 9.17) is 4.18 Å². The third-order valence-electron chi connectivity index (χ3n) is 6.76. The largest absolute Gasteiger partial charge is 0.507 e. The highest BCUT2D eigenvalue weighted by atomic mass is 32.3. The van der Waals surface area contributed by atoms with Gasteiger partial charge >= 0.3 is 5.97 Å². The van der Waals surface area contributed by atoms with Crippen LogP contribution < -0.4 is 0 Å². The Bertz CT molecular complexity index is 1220. The van der Waals surface area contributed by atoms with E-state index in [1.807, 2.05) is 60.7 Å². The van der Waals surface area contributed by atoms with Crippen molar-refractivity contribution in [1.82, 2.24) is 0 Å². The minimum absolute atomic E-state index is 0.0837. The van der Waals surface area contributed by atoms with E-state index in [1.54, 1.807) is 18.2 Å². The molecule has 0 bridgehead atoms. The molecular weight excluding hydrogens is 452 g/mol. The molecule has 1 aliphatic carbocycles. The summed E-state index contributed by atoms with van der Waals surface area (Å²) in [5.41, 5.74) is 1.52. The predicted octanol–water partition coefficient (Wildman–Crippen LogP) is 8.49. The fraction of sp³-hybridized carbons (Fsp3) is 0.194. The summed E-state index contributed by atoms with van der Waals surface area (Å²) in [4.78, 5) is 16.4. The monoisotopic (exact) mass is 482 g/mol. The van der Waals surface area contributed by atoms with Crippen molar-refractivity contribution in [3.63, 3.8) is 0 Å². The number of carbonyl (C=O) groups excluding carboxylic acids is 1. The number of phenolic OH excluding ortho intramolecular Hbond substituents is 1. The van der Waals surface area contributed by atoms with Gasteiger partial charge in [-0.3, -0.25) is 0 Å². The highest BCUT2D eigenvalue weighted by molar-refractivity contribution is 8.30. The Hall–Kier alpha value is -3.50. The fourth-order valence-corrected chi connectivity index (χ4v) is 7.97. The van der Waals surface area contributed by atoms with Crippen molar-refractivity contribution in [2.24, 2.45) is 0 Å². The summed E-state index contributed by atoms with van der Waals surface area (Å²) in [6.45, 7) is 0. The molecule has 4 aromatic rings. The van der Waals surface area contributed by atoms with E-state index in [-0.39, 0.29) is 11.3 Å². The van der Waals surface area contributed by atoms with Crippen LogP contribution in [0.3, 0.4) is 0 Å². The smallest absolute Gasteiger partial charge is 0.353 e. The van der Waals surface area contributed by atoms with Crippen molar-refractivity contribution in [2.45, 2.75) is 52.7 Å². The summed E-state index contributed by atoms with van der Waals surface area (Å²) in [6, 6.07) is 35.2. The summed E-state index contributed by atoms with van der Waals surface area (Å²) >= 11 is 0. The standard InChI is InChI=1S/C31H30O3S/c32-30-19-11-10-18-29(30)31(33)34-35(26-14-6-2-7-15-26,27-16-8-3-9-17-27)28-22-20-25(21-23-28)24-12-4-1-5-13-24/h2-3,6-11,14-24,32H,1,4-5,12-13H2. The molecule has 4 heteroatoms. The first kappa shape index (κ1) is 23.3. The first-order valence-corrected chi connectivity index (χ1v) is 13.8. The molecule has 0 saturated heterocycles. The molecule has 1 aliphatic rings. The van der Waals surface area contributed by atoms with Gasteiger partial charge in [0, 0.05) is 14.7 Å². The molecule has 0 aliphatic heterocycles. The van der Waals surface area contributed by atoms with Crippen LogP contribution in [0.5, 0.6) is 5.75 Å². The Kier molecular flexibility index (Phi) is 6.91. The lowest BCUT2D eigenvalue weighted by Crippen LogP contribution is -2.14. The first-order chi connectivity index (χ1) is 17.2. The Balaban J connectivity index is 1.65. The van der Waals surface area contributed by atoms with E-state index in [0.717, 1.165) is 14.7 Å². The average molecular weight is 483 g/mol. The summed E-state index contributed by atoms with van der Waals surface area (Å²) in [5.74, 6) is -0.0267. The van der Waals surface area contributed by atoms with Gasteiger partial charge in [-0.25, -0.2) is 4.79 Å². The van der Waals surface area contributed by atoms with Crippen molar-refractivity contribution in [3.05, 3.63) is 120 Å². The minimum atomic E-state index is -2.40. The van der Waals surface area contributed by atoms with Gasteiger partial charge in [-0.2, -0.15) is 0 Å². The molecule has 0 atom stereocenters. The maximum atomic E-state index is 13.6. The molecule has 35 heavy (non-hydrogen) atoms. The van der Waals surface area contributed by atoms with Crippen molar-refractivity contribution in [2.75, 3.05) is 0 Å². The molecule has 178 valence electrons. The van der Waals surface area contributed by atoms with Gasteiger partial charge in [0.05, 0.1) is 0 Å². The van der Waals surface area contributed by atoms with Crippen LogP contribution in [0, 0.1) is 0 Å². The van der Waals surface area contributed by atoms with Gasteiger partial charge in [0.2, 0.25) is 0 Å². The maximum absolute atomic E-state index is 13.6. The van der Waals surface area contributed by atoms with Crippen LogP contribution in [-0.4, -0.2) is 11.1 Å². The number of aromatic hydroxyl groups is 1. The van der Waals surface area contributed by atoms with Crippen LogP contribution in [0.2, 0.25) is 0 Å². The van der Waals surface area contributed by atoms with Crippen LogP contribution in [0.4, 0.5) is 0 Å². The molecule has 0 spiro atoms. The third kappa shape index (κ3) is 4.71. The number of benzene rings is 4. The molecule has 0 heterocycles. The van der Waals surface area contributed by atoms with E-state index in [9.17, 15) is 9.90 Å². The number of phenols is 1. The maximum Gasteiger partial charge on any atom is 0.353 e. The fourth-order valence-electron chi connectivity index (χ4n) is 4.95. The molecule has 1 fully saturated rings. The number of rotatable bonds is 6. The van der Waals surface area contributed by atoms with Crippen LogP contribution in [0.25, 0.3) is 0 Å². The summed E-state index contributed by atoms with van der Waals surface area (Å²) < 4.78 is 6.53. The molecule has 0 unspecified atom stereocenters. The number of hydrogen-bond donors (Lipinski definition) is 1. The topological polar surface area (TPSA) is 46.5 Å². The highest BCUT2D eigenvalue weighted by Crippen LogP contribution is 2.69. The second-order valence-electron chi connectivity index (χ2n) is 8.97. The summed E-state index contributed by atoms with van der Waals surface area (Å²) in [5, 5.41) is 10.4. The zero-order valence-corrected chi connectivity index (χ0v) is 20.5. The zero-order valence-electron chi connectivity index (χ0n) is 19.7. The SMILES string of the molecule is O=C(OS(c1ccccc1)(c1ccccc1)c1ccc(C2CCCCC2)cc1)c1ccccc1O. The van der Waals surface area contributed by atoms with Gasteiger partial charge in [-0.1, -0.05) is 79.9 Å². The molecular formula is C31H30O3S. The molecule has 5 rings (SSSR count). The quantitative estimate of drug-likeness (QED) is 0.300. The van der Waals surface area contributed by atoms with E-state index in [2.05, 4.69) is 24.3 Å². The molecule has 0 aromatic heterocycles. The number of hydrogen-bond acceptors (Lipinski definition) is 3. The van der Waals surface area contributed by atoms with Gasteiger partial charge in [0.25, 0.3) is 0 Å². The molecule has 0 amide bonds. The first-order valence-electron chi connectivity index (χ1n) is 12.2. The van der Waals surface area contributed by atoms with Gasteiger partial charge < -0.3 is 9.29 Å². The normalized spacial score (nSPS) is 14.9. The summed E-state index contributed by atoms with van der Waals surface area (Å²) in [7, 11) is -2.40. The Morgan fingerprint density at radius 2 is 1.17 bits per heavy atom. The zero-order chi connectivity index (χ0) is 24.1. The van der Waals surface area contributed by atoms with Crippen LogP contribution in [0.1, 0.15) is 53.9 Å². The van der Waals surface area contributed by atoms with Gasteiger partial charge in [-0.05, 0) is 83.2 Å². The van der Waals surface area contributed by atoms with Gasteiger partial charge in [0.15, 0.2) is 0 Å². The summed E-state index contributed by atoms with van der Waals surface area (Å²) in [6.07, 6.45) is 6.36.